The van der Waals surface area contributed by atoms with Gasteiger partial charge in [-0.2, -0.15) is 0 Å². The minimum absolute atomic E-state index is 0.0261. The number of rotatable bonds is 3. The third-order valence-electron chi connectivity index (χ3n) is 3.16. The van der Waals surface area contributed by atoms with Crippen molar-refractivity contribution >= 4 is 17.2 Å². The van der Waals surface area contributed by atoms with E-state index in [1.54, 1.807) is 12.1 Å². The molecule has 102 valence electrons. The number of nitrogens with zero attached hydrogens (tertiary/aromatic N) is 2. The number of morpholine rings is 1. The van der Waals surface area contributed by atoms with Gasteiger partial charge < -0.3 is 9.64 Å². The fraction of sp³-hybridized carbons (Fsp3) is 0.462. The summed E-state index contributed by atoms with van der Waals surface area (Å²) in [6.07, 6.45) is 0.0424. The van der Waals surface area contributed by atoms with Crippen molar-refractivity contribution in [2.24, 2.45) is 0 Å². The molecular weight excluding hydrogens is 248 g/mol. The summed E-state index contributed by atoms with van der Waals surface area (Å²) in [6.45, 7) is 5.11. The average molecular weight is 264 g/mol. The molecule has 0 aliphatic carbocycles. The van der Waals surface area contributed by atoms with Gasteiger partial charge in [0, 0.05) is 24.7 Å². The second-order valence-corrected chi connectivity index (χ2v) is 4.64. The largest absolute Gasteiger partial charge is 0.375 e. The summed E-state index contributed by atoms with van der Waals surface area (Å²) in [7, 11) is 0. The molecule has 1 saturated heterocycles. The molecule has 2 rings (SSSR count). The zero-order valence-corrected chi connectivity index (χ0v) is 11.0. The molecule has 1 aliphatic heterocycles. The fourth-order valence-corrected chi connectivity index (χ4v) is 2.19. The molecule has 0 radical (unpaired) electrons. The Morgan fingerprint density at radius 2 is 2.26 bits per heavy atom. The van der Waals surface area contributed by atoms with Gasteiger partial charge in [-0.15, -0.1) is 0 Å². The molecule has 0 aromatic heterocycles. The first-order chi connectivity index (χ1) is 8.99. The summed E-state index contributed by atoms with van der Waals surface area (Å²) in [5.74, 6) is -0.176. The predicted octanol–water partition coefficient (Wildman–Crippen LogP) is 2.02. The molecular formula is C13H16N2O4. The molecule has 1 fully saturated rings. The van der Waals surface area contributed by atoms with Gasteiger partial charge in [-0.3, -0.25) is 14.9 Å². The van der Waals surface area contributed by atoms with Crippen LogP contribution in [0.3, 0.4) is 0 Å². The van der Waals surface area contributed by atoms with Crippen LogP contribution in [0, 0.1) is 10.1 Å². The standard InChI is InChI=1S/C13H16N2O4/c1-9-8-14(5-6-19-9)12-4-3-11(10(2)16)7-13(12)15(17)18/h3-4,7,9H,5-6,8H2,1-2H3. The van der Waals surface area contributed by atoms with E-state index < -0.39 is 4.92 Å². The molecule has 0 saturated carbocycles. The molecule has 0 spiro atoms. The Bertz CT molecular complexity index is 515. The molecule has 6 heteroatoms. The van der Waals surface area contributed by atoms with Crippen LogP contribution < -0.4 is 4.90 Å². The fourth-order valence-electron chi connectivity index (χ4n) is 2.19. The van der Waals surface area contributed by atoms with Crippen molar-refractivity contribution in [1.29, 1.82) is 0 Å². The Hall–Kier alpha value is -1.95. The van der Waals surface area contributed by atoms with Crippen molar-refractivity contribution in [2.75, 3.05) is 24.6 Å². The summed E-state index contributed by atoms with van der Waals surface area (Å²) < 4.78 is 5.43. The van der Waals surface area contributed by atoms with Crippen LogP contribution in [0.15, 0.2) is 18.2 Å². The number of ketones is 1. The van der Waals surface area contributed by atoms with Crippen LogP contribution in [0.2, 0.25) is 0 Å². The smallest absolute Gasteiger partial charge is 0.293 e. The van der Waals surface area contributed by atoms with E-state index >= 15 is 0 Å². The van der Waals surface area contributed by atoms with Gasteiger partial charge in [0.25, 0.3) is 5.69 Å². The van der Waals surface area contributed by atoms with E-state index in [-0.39, 0.29) is 17.6 Å². The number of nitro benzene ring substituents is 1. The number of carbonyl (C=O) groups excluding carboxylic acids is 1. The van der Waals surface area contributed by atoms with Gasteiger partial charge in [0.15, 0.2) is 5.78 Å². The van der Waals surface area contributed by atoms with Crippen LogP contribution in [-0.4, -0.2) is 36.5 Å². The van der Waals surface area contributed by atoms with Crippen LogP contribution in [0.5, 0.6) is 0 Å². The van der Waals surface area contributed by atoms with Gasteiger partial charge in [0.1, 0.15) is 5.69 Å². The number of hydrogen-bond acceptors (Lipinski definition) is 5. The summed E-state index contributed by atoms with van der Waals surface area (Å²) >= 11 is 0. The molecule has 1 heterocycles. The third kappa shape index (κ3) is 2.90. The highest BCUT2D eigenvalue weighted by Gasteiger charge is 2.24. The lowest BCUT2D eigenvalue weighted by Crippen LogP contribution is -2.41. The minimum Gasteiger partial charge on any atom is -0.375 e. The van der Waals surface area contributed by atoms with E-state index in [9.17, 15) is 14.9 Å². The molecule has 1 aliphatic rings. The van der Waals surface area contributed by atoms with Crippen LogP contribution in [0.1, 0.15) is 24.2 Å². The van der Waals surface area contributed by atoms with Crippen molar-refractivity contribution in [1.82, 2.24) is 0 Å². The normalized spacial score (nSPS) is 19.3. The molecule has 1 aromatic carbocycles. The van der Waals surface area contributed by atoms with E-state index in [1.807, 2.05) is 11.8 Å². The zero-order chi connectivity index (χ0) is 14.0. The minimum atomic E-state index is -0.443. The topological polar surface area (TPSA) is 72.7 Å². The maximum Gasteiger partial charge on any atom is 0.293 e. The molecule has 6 nitrogen and oxygen atoms in total. The first-order valence-corrected chi connectivity index (χ1v) is 6.15. The van der Waals surface area contributed by atoms with Crippen molar-refractivity contribution in [3.63, 3.8) is 0 Å². The highest BCUT2D eigenvalue weighted by molar-refractivity contribution is 5.95. The van der Waals surface area contributed by atoms with Gasteiger partial charge in [0.05, 0.1) is 17.6 Å². The van der Waals surface area contributed by atoms with Gasteiger partial charge in [-0.05, 0) is 26.0 Å². The Morgan fingerprint density at radius 3 is 2.84 bits per heavy atom. The van der Waals surface area contributed by atoms with Crippen molar-refractivity contribution in [3.8, 4) is 0 Å². The zero-order valence-electron chi connectivity index (χ0n) is 11.0. The first kappa shape index (κ1) is 13.5. The SMILES string of the molecule is CC(=O)c1ccc(N2CCOC(C)C2)c([N+](=O)[O-])c1. The molecule has 0 N–H and O–H groups in total. The summed E-state index contributed by atoms with van der Waals surface area (Å²) in [5.41, 5.74) is 0.878. The summed E-state index contributed by atoms with van der Waals surface area (Å²) in [4.78, 5) is 23.9. The number of hydrogen-bond donors (Lipinski definition) is 0. The van der Waals surface area contributed by atoms with Crippen LogP contribution in [0.25, 0.3) is 0 Å². The molecule has 0 bridgehead atoms. The van der Waals surface area contributed by atoms with E-state index in [1.165, 1.54) is 13.0 Å². The Morgan fingerprint density at radius 1 is 1.53 bits per heavy atom. The number of Topliss-reactive ketones (excluding diaryl/α,β-unsaturated/α-hetero) is 1. The second-order valence-electron chi connectivity index (χ2n) is 4.64. The van der Waals surface area contributed by atoms with E-state index in [2.05, 4.69) is 0 Å². The molecule has 0 amide bonds. The molecule has 1 aromatic rings. The number of benzene rings is 1. The lowest BCUT2D eigenvalue weighted by Gasteiger charge is -2.32. The van der Waals surface area contributed by atoms with Crippen molar-refractivity contribution in [3.05, 3.63) is 33.9 Å². The number of ether oxygens (including phenoxy) is 1. The summed E-state index contributed by atoms with van der Waals surface area (Å²) in [5, 5.41) is 11.2. The Labute approximate surface area is 111 Å². The maximum absolute atomic E-state index is 11.3. The van der Waals surface area contributed by atoms with Gasteiger partial charge in [-0.1, -0.05) is 0 Å². The highest BCUT2D eigenvalue weighted by Crippen LogP contribution is 2.30. The third-order valence-corrected chi connectivity index (χ3v) is 3.16. The Kier molecular flexibility index (Phi) is 3.80. The second kappa shape index (κ2) is 5.36. The first-order valence-electron chi connectivity index (χ1n) is 6.15. The lowest BCUT2D eigenvalue weighted by molar-refractivity contribution is -0.384. The quantitative estimate of drug-likeness (QED) is 0.474. The maximum atomic E-state index is 11.3. The molecule has 19 heavy (non-hydrogen) atoms. The molecule has 1 atom stereocenters. The number of nitro groups is 1. The van der Waals surface area contributed by atoms with Gasteiger partial charge >= 0.3 is 0 Å². The van der Waals surface area contributed by atoms with Crippen molar-refractivity contribution in [2.45, 2.75) is 20.0 Å². The number of anilines is 1. The molecule has 1 unspecified atom stereocenters. The van der Waals surface area contributed by atoms with Crippen LogP contribution in [0.4, 0.5) is 11.4 Å². The lowest BCUT2D eigenvalue weighted by atomic mass is 10.1. The van der Waals surface area contributed by atoms with Crippen LogP contribution in [-0.2, 0) is 4.74 Å². The monoisotopic (exact) mass is 264 g/mol. The van der Waals surface area contributed by atoms with Gasteiger partial charge in [-0.25, -0.2) is 0 Å². The average Bonchev–Trinajstić information content (AvgIpc) is 2.37. The Balaban J connectivity index is 2.38. The van der Waals surface area contributed by atoms with E-state index in [4.69, 9.17) is 4.74 Å². The highest BCUT2D eigenvalue weighted by atomic mass is 16.6. The van der Waals surface area contributed by atoms with Gasteiger partial charge in [0.2, 0.25) is 0 Å². The predicted molar refractivity (Wildman–Crippen MR) is 70.7 cm³/mol. The van der Waals surface area contributed by atoms with E-state index in [0.29, 0.717) is 30.9 Å². The number of carbonyl (C=O) groups is 1. The van der Waals surface area contributed by atoms with Crippen LogP contribution >= 0.6 is 0 Å². The summed E-state index contributed by atoms with van der Waals surface area (Å²) in [6, 6.07) is 4.62. The van der Waals surface area contributed by atoms with E-state index in [0.717, 1.165) is 0 Å². The van der Waals surface area contributed by atoms with Crippen molar-refractivity contribution < 1.29 is 14.5 Å².